The van der Waals surface area contributed by atoms with Gasteiger partial charge in [-0.1, -0.05) is 0 Å². The first-order chi connectivity index (χ1) is 8.06. The quantitative estimate of drug-likeness (QED) is 0.544. The second kappa shape index (κ2) is 10.1. The summed E-state index contributed by atoms with van der Waals surface area (Å²) in [5.74, 6) is 1.25. The molecule has 0 saturated heterocycles. The van der Waals surface area contributed by atoms with E-state index in [0.29, 0.717) is 11.5 Å². The van der Waals surface area contributed by atoms with Gasteiger partial charge in [0, 0.05) is 11.5 Å². The predicted molar refractivity (Wildman–Crippen MR) is 72.5 cm³/mol. The van der Waals surface area contributed by atoms with Crippen molar-refractivity contribution in [3.63, 3.8) is 0 Å². The van der Waals surface area contributed by atoms with Crippen LogP contribution in [0.2, 0.25) is 0 Å². The molecule has 0 amide bonds. The average molecular weight is 266 g/mol. The van der Waals surface area contributed by atoms with Crippen molar-refractivity contribution in [2.75, 3.05) is 37.6 Å². The summed E-state index contributed by atoms with van der Waals surface area (Å²) in [6.45, 7) is 0.127. The summed E-state index contributed by atoms with van der Waals surface area (Å²) in [6, 6.07) is -0.756. The summed E-state index contributed by atoms with van der Waals surface area (Å²) in [5.41, 5.74) is 0. The molecule has 0 aliphatic rings. The lowest BCUT2D eigenvalue weighted by Gasteiger charge is -2.16. The molecule has 0 aromatic carbocycles. The molecule has 0 radical (unpaired) electrons. The van der Waals surface area contributed by atoms with Crippen LogP contribution in [0.1, 0.15) is 1.37 Å². The van der Waals surface area contributed by atoms with Crippen LogP contribution in [0.25, 0.3) is 0 Å². The summed E-state index contributed by atoms with van der Waals surface area (Å²) in [5, 5.41) is 5.78. The van der Waals surface area contributed by atoms with Gasteiger partial charge in [0.05, 0.1) is 18.6 Å². The third-order valence-electron chi connectivity index (χ3n) is 2.07. The zero-order valence-corrected chi connectivity index (χ0v) is 11.5. The van der Waals surface area contributed by atoms with E-state index >= 15 is 0 Å². The number of aldehydes is 1. The molecule has 0 rings (SSSR count). The van der Waals surface area contributed by atoms with Crippen molar-refractivity contribution in [2.24, 2.45) is 0 Å². The van der Waals surface area contributed by atoms with Gasteiger partial charge in [0.2, 0.25) is 0 Å². The van der Waals surface area contributed by atoms with Crippen LogP contribution in [0, 0.1) is 0 Å². The molecule has 4 nitrogen and oxygen atoms in total. The zero-order valence-electron chi connectivity index (χ0n) is 10.9. The summed E-state index contributed by atoms with van der Waals surface area (Å²) < 4.78 is 7.07. The Morgan fingerprint density at radius 2 is 2.06 bits per heavy atom. The lowest BCUT2D eigenvalue weighted by molar-refractivity contribution is -0.119. The zero-order chi connectivity index (χ0) is 13.3. The van der Waals surface area contributed by atoms with E-state index in [1.807, 2.05) is 12.5 Å². The second-order valence-corrected chi connectivity index (χ2v) is 5.09. The number of thioether (sulfide) groups is 2. The van der Waals surface area contributed by atoms with Crippen LogP contribution < -0.4 is 10.6 Å². The highest BCUT2D eigenvalue weighted by molar-refractivity contribution is 7.98. The van der Waals surface area contributed by atoms with Crippen LogP contribution in [0.4, 0.5) is 0 Å². The molecule has 2 N–H and O–H groups in total. The van der Waals surface area contributed by atoms with Crippen molar-refractivity contribution < 1.29 is 11.0 Å². The summed E-state index contributed by atoms with van der Waals surface area (Å²) in [4.78, 5) is 22.7. The number of hydrogen-bond acceptors (Lipinski definition) is 6. The molecule has 16 heavy (non-hydrogen) atoms. The minimum Gasteiger partial charge on any atom is -0.310 e. The number of nitrogens with one attached hydrogen (secondary N) is 2. The van der Waals surface area contributed by atoms with Crippen molar-refractivity contribution in [3.8, 4) is 0 Å². The molecule has 0 aliphatic carbocycles. The minimum absolute atomic E-state index is 0.0224. The van der Waals surface area contributed by atoms with Crippen molar-refractivity contribution >= 4 is 35.6 Å². The number of carbonyl (C=O) groups is 2. The van der Waals surface area contributed by atoms with Gasteiger partial charge >= 0.3 is 0 Å². The molecule has 0 spiro atoms. The van der Waals surface area contributed by atoms with Crippen molar-refractivity contribution in [3.05, 3.63) is 0 Å². The maximum Gasteiger partial charge on any atom is 0.164 e. The number of likely N-dealkylation sites (N-methyl/N-ethyl adjacent to an activating group) is 1. The molecule has 0 heterocycles. The van der Waals surface area contributed by atoms with E-state index in [0.717, 1.165) is 0 Å². The number of ketones is 1. The van der Waals surface area contributed by atoms with E-state index in [1.165, 1.54) is 11.8 Å². The van der Waals surface area contributed by atoms with Crippen molar-refractivity contribution in [1.29, 1.82) is 0 Å². The highest BCUT2D eigenvalue weighted by Gasteiger charge is 2.16. The molecule has 94 valence electrons. The molecule has 0 bridgehead atoms. The number of rotatable bonds is 10. The average Bonchev–Trinajstić information content (AvgIpc) is 2.30. The van der Waals surface area contributed by atoms with Gasteiger partial charge in [0.25, 0.3) is 0 Å². The van der Waals surface area contributed by atoms with Crippen LogP contribution in [0.15, 0.2) is 0 Å². The van der Waals surface area contributed by atoms with Gasteiger partial charge in [0.1, 0.15) is 7.63 Å². The van der Waals surface area contributed by atoms with E-state index in [4.69, 9.17) is 1.37 Å². The van der Waals surface area contributed by atoms with Gasteiger partial charge in [0.15, 0.2) is 5.78 Å². The Labute approximate surface area is 107 Å². The lowest BCUT2D eigenvalue weighted by atomic mass is 10.2. The highest BCUT2D eigenvalue weighted by Crippen LogP contribution is 1.99. The van der Waals surface area contributed by atoms with Crippen LogP contribution in [-0.4, -0.2) is 61.7 Å². The maximum atomic E-state index is 11.8. The summed E-state index contributed by atoms with van der Waals surface area (Å²) in [6.07, 6.45) is 3.14. The highest BCUT2D eigenvalue weighted by atomic mass is 32.2. The lowest BCUT2D eigenvalue weighted by Crippen LogP contribution is -2.45. The Morgan fingerprint density at radius 3 is 2.50 bits per heavy atom. The van der Waals surface area contributed by atoms with E-state index in [2.05, 4.69) is 10.6 Å². The minimum atomic E-state index is -0.668. The molecule has 0 aliphatic heterocycles. The Kier molecular flexibility index (Phi) is 8.88. The SMILES string of the molecule is [3H]C(=O)C(CSC)NCC(=O)C(CSC)NC. The molecule has 0 saturated carbocycles. The molecule has 0 fully saturated rings. The van der Waals surface area contributed by atoms with Gasteiger partial charge in [-0.2, -0.15) is 23.5 Å². The van der Waals surface area contributed by atoms with E-state index in [-0.39, 0.29) is 18.4 Å². The van der Waals surface area contributed by atoms with Crippen molar-refractivity contribution in [2.45, 2.75) is 12.1 Å². The standard InChI is InChI=1S/C10H20N2O2S2/c1-11-9(7-16-3)10(14)4-12-8(5-13)6-15-2/h5,8-9,11-12H,4,6-7H2,1-3H3/i5T. The molecular weight excluding hydrogens is 244 g/mol. The van der Waals surface area contributed by atoms with Crippen LogP contribution >= 0.6 is 23.5 Å². The first-order valence-corrected chi connectivity index (χ1v) is 7.77. The second-order valence-electron chi connectivity index (χ2n) is 3.27. The first-order valence-electron chi connectivity index (χ1n) is 5.48. The van der Waals surface area contributed by atoms with Crippen LogP contribution in [-0.2, 0) is 9.59 Å². The molecular formula is C10H20N2O2S2. The summed E-state index contributed by atoms with van der Waals surface area (Å²) in [7, 11) is 1.74. The number of Topliss-reactive ketones (excluding diaryl/α,β-unsaturated/α-hetero) is 1. The van der Waals surface area contributed by atoms with Gasteiger partial charge in [-0.05, 0) is 19.6 Å². The molecule has 2 unspecified atom stereocenters. The Balaban J connectivity index is 4.14. The predicted octanol–water partition coefficient (Wildman–Crippen LogP) is 0.0266. The number of carbonyl (C=O) groups excluding carboxylic acids is 2. The topological polar surface area (TPSA) is 58.2 Å². The van der Waals surface area contributed by atoms with Crippen LogP contribution in [0.5, 0.6) is 0 Å². The first kappa shape index (κ1) is 14.0. The Hall–Kier alpha value is -0.0400. The Morgan fingerprint density at radius 1 is 1.44 bits per heavy atom. The fourth-order valence-corrected chi connectivity index (χ4v) is 2.36. The monoisotopic (exact) mass is 266 g/mol. The third kappa shape index (κ3) is 6.52. The third-order valence-corrected chi connectivity index (χ3v) is 3.40. The molecule has 0 aromatic heterocycles. The smallest absolute Gasteiger partial charge is 0.164 e. The fraction of sp³-hybridized carbons (Fsp3) is 0.800. The van der Waals surface area contributed by atoms with Gasteiger partial charge in [-0.25, -0.2) is 0 Å². The Bertz CT molecular complexity index is 254. The normalized spacial score (nSPS) is 15.3. The van der Waals surface area contributed by atoms with Crippen molar-refractivity contribution in [1.82, 2.24) is 10.6 Å². The van der Waals surface area contributed by atoms with Crippen LogP contribution in [0.3, 0.4) is 0 Å². The van der Waals surface area contributed by atoms with E-state index < -0.39 is 12.3 Å². The van der Waals surface area contributed by atoms with E-state index in [1.54, 1.807) is 18.8 Å². The van der Waals surface area contributed by atoms with Gasteiger partial charge in [-0.15, -0.1) is 0 Å². The molecule has 6 heteroatoms. The van der Waals surface area contributed by atoms with E-state index in [9.17, 15) is 9.59 Å². The van der Waals surface area contributed by atoms with Gasteiger partial charge in [-0.3, -0.25) is 4.79 Å². The fourth-order valence-electron chi connectivity index (χ4n) is 1.15. The largest absolute Gasteiger partial charge is 0.310 e. The molecule has 0 aromatic rings. The molecule has 2 atom stereocenters. The summed E-state index contributed by atoms with van der Waals surface area (Å²) >= 11 is 3.07. The maximum absolute atomic E-state index is 11.8. The number of hydrogen-bond donors (Lipinski definition) is 2. The van der Waals surface area contributed by atoms with Gasteiger partial charge < -0.3 is 15.4 Å².